The Hall–Kier alpha value is -3.39. The minimum atomic E-state index is -0.959. The molecule has 1 aliphatic heterocycles. The summed E-state index contributed by atoms with van der Waals surface area (Å²) in [5, 5.41) is 11.4. The molecule has 0 saturated carbocycles. The predicted octanol–water partition coefficient (Wildman–Crippen LogP) is 3.79. The summed E-state index contributed by atoms with van der Waals surface area (Å²) in [6, 6.07) is 16.9. The van der Waals surface area contributed by atoms with E-state index in [9.17, 15) is 14.7 Å². The Morgan fingerprint density at radius 2 is 1.74 bits per heavy atom. The first kappa shape index (κ1) is 20.9. The van der Waals surface area contributed by atoms with Crippen LogP contribution in [0, 0.1) is 0 Å². The SMILES string of the molecule is O=C(O)N(Cc1ccc(C(=O)N2CCN(c3ccccn3)CC2)cc1)Cc1cccs1. The summed E-state index contributed by atoms with van der Waals surface area (Å²) in [5.74, 6) is 0.936. The van der Waals surface area contributed by atoms with Crippen LogP contribution in [0.25, 0.3) is 0 Å². The van der Waals surface area contributed by atoms with Crippen LogP contribution in [0.5, 0.6) is 0 Å². The van der Waals surface area contributed by atoms with Crippen LogP contribution in [-0.4, -0.2) is 58.1 Å². The van der Waals surface area contributed by atoms with Crippen LogP contribution >= 0.6 is 11.3 Å². The fourth-order valence-corrected chi connectivity index (χ4v) is 4.34. The molecule has 1 aromatic carbocycles. The molecule has 1 saturated heterocycles. The van der Waals surface area contributed by atoms with Gasteiger partial charge in [-0.15, -0.1) is 11.3 Å². The van der Waals surface area contributed by atoms with Crippen molar-refractivity contribution >= 4 is 29.2 Å². The normalized spacial score (nSPS) is 13.8. The van der Waals surface area contributed by atoms with E-state index in [0.717, 1.165) is 29.3 Å². The molecular formula is C23H24N4O3S. The zero-order valence-corrected chi connectivity index (χ0v) is 17.9. The van der Waals surface area contributed by atoms with E-state index >= 15 is 0 Å². The first-order valence-corrected chi connectivity index (χ1v) is 11.0. The average molecular weight is 437 g/mol. The number of hydrogen-bond donors (Lipinski definition) is 1. The van der Waals surface area contributed by atoms with E-state index in [1.807, 2.05) is 52.7 Å². The Morgan fingerprint density at radius 1 is 0.968 bits per heavy atom. The Bertz CT molecular complexity index is 1000. The topological polar surface area (TPSA) is 77.0 Å². The Morgan fingerprint density at radius 3 is 2.35 bits per heavy atom. The zero-order valence-electron chi connectivity index (χ0n) is 17.1. The maximum absolute atomic E-state index is 12.9. The number of carbonyl (C=O) groups is 2. The number of benzene rings is 1. The predicted molar refractivity (Wildman–Crippen MR) is 120 cm³/mol. The van der Waals surface area contributed by atoms with Crippen molar-refractivity contribution in [3.63, 3.8) is 0 Å². The quantitative estimate of drug-likeness (QED) is 0.636. The van der Waals surface area contributed by atoms with Crippen LogP contribution in [0.1, 0.15) is 20.8 Å². The highest BCUT2D eigenvalue weighted by atomic mass is 32.1. The lowest BCUT2D eigenvalue weighted by atomic mass is 10.1. The number of anilines is 1. The van der Waals surface area contributed by atoms with Crippen molar-refractivity contribution in [2.75, 3.05) is 31.1 Å². The second-order valence-electron chi connectivity index (χ2n) is 7.38. The Labute approximate surface area is 185 Å². The van der Waals surface area contributed by atoms with Crippen LogP contribution in [0.3, 0.4) is 0 Å². The van der Waals surface area contributed by atoms with Gasteiger partial charge in [-0.3, -0.25) is 9.69 Å². The van der Waals surface area contributed by atoms with Crippen molar-refractivity contribution in [1.82, 2.24) is 14.8 Å². The van der Waals surface area contributed by atoms with Crippen LogP contribution in [0.4, 0.5) is 10.6 Å². The number of carboxylic acid groups (broad SMARTS) is 1. The van der Waals surface area contributed by atoms with E-state index in [1.54, 1.807) is 18.3 Å². The summed E-state index contributed by atoms with van der Waals surface area (Å²) >= 11 is 1.54. The highest BCUT2D eigenvalue weighted by Gasteiger charge is 2.23. The second-order valence-corrected chi connectivity index (χ2v) is 8.41. The number of rotatable bonds is 6. The largest absolute Gasteiger partial charge is 0.465 e. The number of carbonyl (C=O) groups excluding carboxylic acids is 1. The fraction of sp³-hybridized carbons (Fsp3) is 0.261. The van der Waals surface area contributed by atoms with E-state index in [0.29, 0.717) is 25.2 Å². The molecule has 31 heavy (non-hydrogen) atoms. The molecule has 8 heteroatoms. The molecule has 2 amide bonds. The number of pyridine rings is 1. The zero-order chi connectivity index (χ0) is 21.6. The fourth-order valence-electron chi connectivity index (χ4n) is 3.62. The maximum Gasteiger partial charge on any atom is 0.407 e. The van der Waals surface area contributed by atoms with E-state index in [1.165, 1.54) is 16.2 Å². The molecule has 2 aromatic heterocycles. The monoisotopic (exact) mass is 436 g/mol. The van der Waals surface area contributed by atoms with Crippen LogP contribution in [0.2, 0.25) is 0 Å². The molecule has 1 aliphatic rings. The molecule has 7 nitrogen and oxygen atoms in total. The Kier molecular flexibility index (Phi) is 6.47. The van der Waals surface area contributed by atoms with Crippen molar-refractivity contribution in [1.29, 1.82) is 0 Å². The lowest BCUT2D eigenvalue weighted by Gasteiger charge is -2.35. The second kappa shape index (κ2) is 9.61. The van der Waals surface area contributed by atoms with Gasteiger partial charge in [-0.2, -0.15) is 0 Å². The van der Waals surface area contributed by atoms with Gasteiger partial charge < -0.3 is 14.9 Å². The molecule has 0 atom stereocenters. The van der Waals surface area contributed by atoms with Gasteiger partial charge in [-0.25, -0.2) is 9.78 Å². The Balaban J connectivity index is 1.34. The summed E-state index contributed by atoms with van der Waals surface area (Å²) in [6.45, 7) is 3.42. The molecule has 4 rings (SSSR count). The van der Waals surface area contributed by atoms with Crippen molar-refractivity contribution in [3.8, 4) is 0 Å². The van der Waals surface area contributed by atoms with Crippen LogP contribution in [-0.2, 0) is 13.1 Å². The van der Waals surface area contributed by atoms with Gasteiger partial charge in [-0.1, -0.05) is 24.3 Å². The average Bonchev–Trinajstić information content (AvgIpc) is 3.32. The van der Waals surface area contributed by atoms with E-state index in [-0.39, 0.29) is 12.5 Å². The molecule has 0 unspecified atom stereocenters. The molecule has 160 valence electrons. The summed E-state index contributed by atoms with van der Waals surface area (Å²) in [4.78, 5) is 35.3. The van der Waals surface area contributed by atoms with Gasteiger partial charge in [0.05, 0.1) is 6.54 Å². The van der Waals surface area contributed by atoms with Gasteiger partial charge in [-0.05, 0) is 41.3 Å². The third-order valence-electron chi connectivity index (χ3n) is 5.31. The highest BCUT2D eigenvalue weighted by Crippen LogP contribution is 2.17. The third kappa shape index (κ3) is 5.21. The van der Waals surface area contributed by atoms with E-state index in [4.69, 9.17) is 0 Å². The number of hydrogen-bond acceptors (Lipinski definition) is 5. The molecule has 0 aliphatic carbocycles. The lowest BCUT2D eigenvalue weighted by molar-refractivity contribution is 0.0746. The highest BCUT2D eigenvalue weighted by molar-refractivity contribution is 7.09. The summed E-state index contributed by atoms with van der Waals surface area (Å²) in [5.41, 5.74) is 1.48. The van der Waals surface area contributed by atoms with E-state index < -0.39 is 6.09 Å². The van der Waals surface area contributed by atoms with E-state index in [2.05, 4.69) is 9.88 Å². The van der Waals surface area contributed by atoms with Crippen molar-refractivity contribution in [2.24, 2.45) is 0 Å². The molecule has 3 heterocycles. The maximum atomic E-state index is 12.9. The minimum absolute atomic E-state index is 0.000831. The third-order valence-corrected chi connectivity index (χ3v) is 6.17. The molecule has 1 fully saturated rings. The summed E-state index contributed by atoms with van der Waals surface area (Å²) in [6.07, 6.45) is 0.819. The minimum Gasteiger partial charge on any atom is -0.465 e. The van der Waals surface area contributed by atoms with Gasteiger partial charge in [0, 0.05) is 49.4 Å². The first-order valence-electron chi connectivity index (χ1n) is 10.1. The van der Waals surface area contributed by atoms with Crippen LogP contribution < -0.4 is 4.90 Å². The number of amides is 2. The molecule has 3 aromatic rings. The number of aromatic nitrogens is 1. The lowest BCUT2D eigenvalue weighted by Crippen LogP contribution is -2.49. The van der Waals surface area contributed by atoms with Crippen molar-refractivity contribution in [2.45, 2.75) is 13.1 Å². The summed E-state index contributed by atoms with van der Waals surface area (Å²) < 4.78 is 0. The van der Waals surface area contributed by atoms with Gasteiger partial charge in [0.25, 0.3) is 5.91 Å². The summed E-state index contributed by atoms with van der Waals surface area (Å²) in [7, 11) is 0. The van der Waals surface area contributed by atoms with Crippen molar-refractivity contribution in [3.05, 3.63) is 82.2 Å². The molecule has 0 spiro atoms. The number of nitrogens with zero attached hydrogens (tertiary/aromatic N) is 4. The molecular weight excluding hydrogens is 412 g/mol. The van der Waals surface area contributed by atoms with Gasteiger partial charge in [0.15, 0.2) is 0 Å². The molecule has 0 bridgehead atoms. The standard InChI is InChI=1S/C23H24N4O3S/c28-22(26-13-11-25(12-14-26)21-5-1-2-10-24-21)19-8-6-18(7-9-19)16-27(23(29)30)17-20-4-3-15-31-20/h1-10,15H,11-14,16-17H2,(H,29,30). The molecule has 1 N–H and O–H groups in total. The smallest absolute Gasteiger partial charge is 0.407 e. The van der Waals surface area contributed by atoms with Crippen molar-refractivity contribution < 1.29 is 14.7 Å². The number of piperazine rings is 1. The van der Waals surface area contributed by atoms with Crippen LogP contribution in [0.15, 0.2) is 66.2 Å². The molecule has 0 radical (unpaired) electrons. The first-order chi connectivity index (χ1) is 15.1. The van der Waals surface area contributed by atoms with Gasteiger partial charge in [0.2, 0.25) is 0 Å². The van der Waals surface area contributed by atoms with Gasteiger partial charge in [0.1, 0.15) is 5.82 Å². The van der Waals surface area contributed by atoms with Gasteiger partial charge >= 0.3 is 6.09 Å². The number of thiophene rings is 1.